The predicted molar refractivity (Wildman–Crippen MR) is 83.6 cm³/mol. The number of benzene rings is 2. The number of nitrogens with zero attached hydrogens (tertiary/aromatic N) is 2. The molecule has 2 aromatic carbocycles. The van der Waals surface area contributed by atoms with Crippen molar-refractivity contribution in [2.45, 2.75) is 13.5 Å². The molecule has 0 aliphatic rings. The molecule has 0 saturated carbocycles. The molecule has 1 heterocycles. The molecule has 0 saturated heterocycles. The topological polar surface area (TPSA) is 55.9 Å². The molecule has 3 rings (SSSR count). The lowest BCUT2D eigenvalue weighted by Crippen LogP contribution is -2.00. The van der Waals surface area contributed by atoms with E-state index in [1.54, 1.807) is 0 Å². The van der Waals surface area contributed by atoms with Crippen LogP contribution < -0.4 is 11.1 Å². The summed E-state index contributed by atoms with van der Waals surface area (Å²) in [6.45, 7) is 2.77. The molecule has 1 aromatic heterocycles. The van der Waals surface area contributed by atoms with Gasteiger partial charge in [0.1, 0.15) is 5.82 Å². The number of imidazole rings is 1. The lowest BCUT2D eigenvalue weighted by Gasteiger charge is -2.07. The third-order valence-corrected chi connectivity index (χ3v) is 3.55. The number of nitrogens with two attached hydrogens (primary N) is 1. The number of hydrogen-bond donors (Lipinski definition) is 2. The predicted octanol–water partition coefficient (Wildman–Crippen LogP) is 3.08. The van der Waals surface area contributed by atoms with E-state index in [0.29, 0.717) is 0 Å². The van der Waals surface area contributed by atoms with Crippen LogP contribution in [0.2, 0.25) is 0 Å². The van der Waals surface area contributed by atoms with E-state index < -0.39 is 0 Å². The summed E-state index contributed by atoms with van der Waals surface area (Å²) in [5, 5.41) is 3.40. The largest absolute Gasteiger partial charge is 0.399 e. The molecule has 0 fully saturated rings. The zero-order chi connectivity index (χ0) is 14.1. The molecule has 102 valence electrons. The van der Waals surface area contributed by atoms with Crippen molar-refractivity contribution in [1.29, 1.82) is 0 Å². The van der Waals surface area contributed by atoms with E-state index in [0.717, 1.165) is 34.8 Å². The second-order valence-corrected chi connectivity index (χ2v) is 5.02. The van der Waals surface area contributed by atoms with Crippen molar-refractivity contribution < 1.29 is 0 Å². The summed E-state index contributed by atoms with van der Waals surface area (Å²) in [5.41, 5.74) is 11.0. The van der Waals surface area contributed by atoms with Gasteiger partial charge in [0.05, 0.1) is 11.0 Å². The highest BCUT2D eigenvalue weighted by Gasteiger charge is 2.04. The monoisotopic (exact) mass is 266 g/mol. The van der Waals surface area contributed by atoms with Gasteiger partial charge in [0.2, 0.25) is 0 Å². The molecular formula is C16H18N4. The fraction of sp³-hybridized carbons (Fsp3) is 0.188. The van der Waals surface area contributed by atoms with Gasteiger partial charge in [-0.3, -0.25) is 0 Å². The molecule has 0 atom stereocenters. The van der Waals surface area contributed by atoms with Crippen molar-refractivity contribution in [2.75, 3.05) is 11.1 Å². The lowest BCUT2D eigenvalue weighted by atomic mass is 10.2. The Morgan fingerprint density at radius 1 is 1.20 bits per heavy atom. The SMILES string of the molecule is Cc1nc2cc(NCc3cccc(N)c3)ccc2n1C. The third-order valence-electron chi connectivity index (χ3n) is 3.55. The minimum Gasteiger partial charge on any atom is -0.399 e. The van der Waals surface area contributed by atoms with Crippen molar-refractivity contribution in [3.05, 3.63) is 53.9 Å². The molecule has 20 heavy (non-hydrogen) atoms. The molecule has 0 amide bonds. The van der Waals surface area contributed by atoms with E-state index in [2.05, 4.69) is 39.1 Å². The van der Waals surface area contributed by atoms with Gasteiger partial charge in [-0.2, -0.15) is 0 Å². The van der Waals surface area contributed by atoms with Crippen molar-refractivity contribution in [2.24, 2.45) is 7.05 Å². The van der Waals surface area contributed by atoms with E-state index in [1.165, 1.54) is 5.56 Å². The van der Waals surface area contributed by atoms with Gasteiger partial charge in [-0.25, -0.2) is 4.98 Å². The molecule has 4 nitrogen and oxygen atoms in total. The Labute approximate surface area is 118 Å². The average Bonchev–Trinajstić information content (AvgIpc) is 2.72. The first-order valence-electron chi connectivity index (χ1n) is 6.65. The van der Waals surface area contributed by atoms with Crippen LogP contribution in [-0.2, 0) is 13.6 Å². The Balaban J connectivity index is 1.81. The Morgan fingerprint density at radius 3 is 2.85 bits per heavy atom. The highest BCUT2D eigenvalue weighted by molar-refractivity contribution is 5.80. The maximum Gasteiger partial charge on any atom is 0.106 e. The molecule has 0 bridgehead atoms. The van der Waals surface area contributed by atoms with Crippen molar-refractivity contribution in [3.8, 4) is 0 Å². The number of aryl methyl sites for hydroxylation is 2. The van der Waals surface area contributed by atoms with Gasteiger partial charge in [0, 0.05) is 25.0 Å². The van der Waals surface area contributed by atoms with Gasteiger partial charge in [-0.1, -0.05) is 12.1 Å². The molecule has 0 radical (unpaired) electrons. The van der Waals surface area contributed by atoms with Crippen LogP contribution in [0.15, 0.2) is 42.5 Å². The number of nitrogens with one attached hydrogen (secondary N) is 1. The van der Waals surface area contributed by atoms with Crippen LogP contribution in [0.3, 0.4) is 0 Å². The molecular weight excluding hydrogens is 248 g/mol. The van der Waals surface area contributed by atoms with Gasteiger partial charge in [-0.15, -0.1) is 0 Å². The highest BCUT2D eigenvalue weighted by Crippen LogP contribution is 2.20. The van der Waals surface area contributed by atoms with Crippen LogP contribution in [0.1, 0.15) is 11.4 Å². The Morgan fingerprint density at radius 2 is 2.05 bits per heavy atom. The van der Waals surface area contributed by atoms with Gasteiger partial charge in [0.15, 0.2) is 0 Å². The van der Waals surface area contributed by atoms with E-state index in [1.807, 2.05) is 32.2 Å². The second kappa shape index (κ2) is 4.89. The second-order valence-electron chi connectivity index (χ2n) is 5.02. The van der Waals surface area contributed by atoms with Crippen LogP contribution in [0.5, 0.6) is 0 Å². The quantitative estimate of drug-likeness (QED) is 0.716. The minimum atomic E-state index is 0.752. The van der Waals surface area contributed by atoms with Crippen molar-refractivity contribution in [1.82, 2.24) is 9.55 Å². The summed E-state index contributed by atoms with van der Waals surface area (Å²) in [6, 6.07) is 14.2. The highest BCUT2D eigenvalue weighted by atomic mass is 15.0. The van der Waals surface area contributed by atoms with Crippen LogP contribution in [-0.4, -0.2) is 9.55 Å². The number of nitrogen functional groups attached to an aromatic ring is 1. The van der Waals surface area contributed by atoms with Crippen LogP contribution >= 0.6 is 0 Å². The molecule has 3 N–H and O–H groups in total. The summed E-state index contributed by atoms with van der Waals surface area (Å²) in [4.78, 5) is 4.55. The number of fused-ring (bicyclic) bond motifs is 1. The van der Waals surface area contributed by atoms with Gasteiger partial charge >= 0.3 is 0 Å². The van der Waals surface area contributed by atoms with Gasteiger partial charge in [-0.05, 0) is 42.8 Å². The summed E-state index contributed by atoms with van der Waals surface area (Å²) < 4.78 is 2.09. The summed E-state index contributed by atoms with van der Waals surface area (Å²) in [7, 11) is 2.03. The molecule has 0 aliphatic carbocycles. The Hall–Kier alpha value is -2.49. The summed E-state index contributed by atoms with van der Waals surface area (Å²) >= 11 is 0. The van der Waals surface area contributed by atoms with Gasteiger partial charge < -0.3 is 15.6 Å². The number of hydrogen-bond acceptors (Lipinski definition) is 3. The number of aromatic nitrogens is 2. The zero-order valence-corrected chi connectivity index (χ0v) is 11.7. The fourth-order valence-corrected chi connectivity index (χ4v) is 2.34. The first kappa shape index (κ1) is 12.5. The maximum atomic E-state index is 5.78. The van der Waals surface area contributed by atoms with Crippen molar-refractivity contribution >= 4 is 22.4 Å². The minimum absolute atomic E-state index is 0.752. The number of anilines is 2. The normalized spacial score (nSPS) is 10.9. The first-order valence-corrected chi connectivity index (χ1v) is 6.65. The maximum absolute atomic E-state index is 5.78. The summed E-state index contributed by atoms with van der Waals surface area (Å²) in [6.07, 6.45) is 0. The lowest BCUT2D eigenvalue weighted by molar-refractivity contribution is 0.886. The molecule has 4 heteroatoms. The fourth-order valence-electron chi connectivity index (χ4n) is 2.34. The summed E-state index contributed by atoms with van der Waals surface area (Å²) in [5.74, 6) is 1.02. The molecule has 0 spiro atoms. The average molecular weight is 266 g/mol. The van der Waals surface area contributed by atoms with Crippen molar-refractivity contribution in [3.63, 3.8) is 0 Å². The van der Waals surface area contributed by atoms with Crippen LogP contribution in [0.25, 0.3) is 11.0 Å². The Bertz CT molecular complexity index is 758. The van der Waals surface area contributed by atoms with E-state index >= 15 is 0 Å². The smallest absolute Gasteiger partial charge is 0.106 e. The number of rotatable bonds is 3. The molecule has 0 aliphatic heterocycles. The van der Waals surface area contributed by atoms with E-state index in [9.17, 15) is 0 Å². The van der Waals surface area contributed by atoms with E-state index in [-0.39, 0.29) is 0 Å². The molecule has 3 aromatic rings. The zero-order valence-electron chi connectivity index (χ0n) is 11.7. The standard InChI is InChI=1S/C16H18N4/c1-11-19-15-9-14(6-7-16(15)20(11)2)18-10-12-4-3-5-13(17)8-12/h3-9,18H,10,17H2,1-2H3. The Kier molecular flexibility index (Phi) is 3.06. The van der Waals surface area contributed by atoms with Crippen LogP contribution in [0, 0.1) is 6.92 Å². The molecule has 0 unspecified atom stereocenters. The van der Waals surface area contributed by atoms with E-state index in [4.69, 9.17) is 5.73 Å². The van der Waals surface area contributed by atoms with Gasteiger partial charge in [0.25, 0.3) is 0 Å². The first-order chi connectivity index (χ1) is 9.63. The van der Waals surface area contributed by atoms with Crippen LogP contribution in [0.4, 0.5) is 11.4 Å². The third kappa shape index (κ3) is 2.32.